The van der Waals surface area contributed by atoms with Gasteiger partial charge in [0.25, 0.3) is 0 Å². The van der Waals surface area contributed by atoms with Gasteiger partial charge in [0.1, 0.15) is 0 Å². The van der Waals surface area contributed by atoms with E-state index >= 15 is 0 Å². The fourth-order valence-electron chi connectivity index (χ4n) is 0.602. The maximum Gasteiger partial charge on any atom is 0.0662 e. The first-order chi connectivity index (χ1) is 3.29. The third kappa shape index (κ3) is 1.33. The summed E-state index contributed by atoms with van der Waals surface area (Å²) in [7, 11) is 2.08. The molecule has 0 spiro atoms. The third-order valence-electron chi connectivity index (χ3n) is 0.939. The summed E-state index contributed by atoms with van der Waals surface area (Å²) in [4.78, 5) is 0. The van der Waals surface area contributed by atoms with Crippen molar-refractivity contribution >= 4 is 11.9 Å². The predicted octanol–water partition coefficient (Wildman–Crippen LogP) is 0.473. The van der Waals surface area contributed by atoms with Crippen LogP contribution in [0.4, 0.5) is 0 Å². The largest absolute Gasteiger partial charge is 0.291 e. The molecule has 1 rings (SSSR count). The predicted molar refractivity (Wildman–Crippen MR) is 32.8 cm³/mol. The maximum absolute atomic E-state index is 3.26. The van der Waals surface area contributed by atoms with Gasteiger partial charge in [-0.05, 0) is 14.0 Å². The summed E-state index contributed by atoms with van der Waals surface area (Å²) in [6.07, 6.45) is 0. The van der Waals surface area contributed by atoms with Crippen molar-refractivity contribution in [3.63, 3.8) is 0 Å². The summed E-state index contributed by atoms with van der Waals surface area (Å²) < 4.78 is 2.19. The van der Waals surface area contributed by atoms with Gasteiger partial charge in [-0.25, -0.2) is 4.31 Å². The Morgan fingerprint density at radius 1 is 1.86 bits per heavy atom. The van der Waals surface area contributed by atoms with Crippen molar-refractivity contribution in [1.82, 2.24) is 9.62 Å². The van der Waals surface area contributed by atoms with E-state index in [1.807, 2.05) is 11.9 Å². The monoisotopic (exact) mass is 118 g/mol. The quantitative estimate of drug-likeness (QED) is 0.466. The molecule has 1 saturated heterocycles. The van der Waals surface area contributed by atoms with Crippen LogP contribution in [0.3, 0.4) is 0 Å². The van der Waals surface area contributed by atoms with Crippen LogP contribution in [-0.4, -0.2) is 23.4 Å². The van der Waals surface area contributed by atoms with Gasteiger partial charge in [-0.15, -0.1) is 0 Å². The van der Waals surface area contributed by atoms with E-state index in [1.165, 1.54) is 0 Å². The molecule has 0 amide bonds. The molecule has 0 bridgehead atoms. The summed E-state index contributed by atoms with van der Waals surface area (Å²) in [5.74, 6) is 0. The topological polar surface area (TPSA) is 15.3 Å². The Bertz CT molecular complexity index is 58.7. The fourth-order valence-corrected chi connectivity index (χ4v) is 1.44. The molecule has 0 aromatic rings. The molecule has 3 heteroatoms. The van der Waals surface area contributed by atoms with Crippen molar-refractivity contribution in [3.05, 3.63) is 0 Å². The van der Waals surface area contributed by atoms with Gasteiger partial charge in [0.15, 0.2) is 0 Å². The molecule has 42 valence electrons. The van der Waals surface area contributed by atoms with Gasteiger partial charge < -0.3 is 0 Å². The molecule has 1 unspecified atom stereocenters. The van der Waals surface area contributed by atoms with E-state index in [9.17, 15) is 0 Å². The molecule has 1 aliphatic heterocycles. The molecule has 0 radical (unpaired) electrons. The lowest BCUT2D eigenvalue weighted by molar-refractivity contribution is 0.539. The molecule has 1 atom stereocenters. The van der Waals surface area contributed by atoms with Crippen molar-refractivity contribution in [1.29, 1.82) is 0 Å². The molecule has 0 aromatic carbocycles. The maximum atomic E-state index is 3.26. The summed E-state index contributed by atoms with van der Waals surface area (Å²) in [6.45, 7) is 3.18. The van der Waals surface area contributed by atoms with Crippen LogP contribution in [0.25, 0.3) is 0 Å². The van der Waals surface area contributed by atoms with Crippen LogP contribution in [0.1, 0.15) is 6.92 Å². The summed E-state index contributed by atoms with van der Waals surface area (Å²) in [5, 5.41) is 3.87. The highest BCUT2D eigenvalue weighted by Gasteiger charge is 2.12. The second-order valence-electron chi connectivity index (χ2n) is 1.74. The van der Waals surface area contributed by atoms with Crippen molar-refractivity contribution < 1.29 is 0 Å². The Kier molecular flexibility index (Phi) is 1.57. The smallest absolute Gasteiger partial charge is 0.0662 e. The van der Waals surface area contributed by atoms with Crippen molar-refractivity contribution in [2.45, 2.75) is 12.3 Å². The van der Waals surface area contributed by atoms with Crippen LogP contribution < -0.4 is 5.32 Å². The van der Waals surface area contributed by atoms with Crippen molar-refractivity contribution in [2.24, 2.45) is 0 Å². The average Bonchev–Trinajstić information content (AvgIpc) is 1.87. The van der Waals surface area contributed by atoms with Crippen LogP contribution in [0.15, 0.2) is 0 Å². The SMILES string of the molecule is CC1NCN(C)S1. The van der Waals surface area contributed by atoms with Gasteiger partial charge in [0, 0.05) is 0 Å². The van der Waals surface area contributed by atoms with Gasteiger partial charge in [0.2, 0.25) is 0 Å². The van der Waals surface area contributed by atoms with E-state index in [1.54, 1.807) is 0 Å². The summed E-state index contributed by atoms with van der Waals surface area (Å²) in [6, 6.07) is 0. The zero-order valence-corrected chi connectivity index (χ0v) is 5.46. The van der Waals surface area contributed by atoms with Gasteiger partial charge in [-0.2, -0.15) is 0 Å². The van der Waals surface area contributed by atoms with Gasteiger partial charge >= 0.3 is 0 Å². The minimum absolute atomic E-state index is 0.616. The Labute approximate surface area is 48.4 Å². The average molecular weight is 118 g/mol. The Balaban J connectivity index is 2.26. The molecular weight excluding hydrogens is 108 g/mol. The zero-order valence-electron chi connectivity index (χ0n) is 4.64. The molecule has 1 heterocycles. The minimum Gasteiger partial charge on any atom is -0.291 e. The second kappa shape index (κ2) is 2.03. The van der Waals surface area contributed by atoms with Gasteiger partial charge in [-0.3, -0.25) is 5.32 Å². The number of hydrogen-bond donors (Lipinski definition) is 1. The lowest BCUT2D eigenvalue weighted by Crippen LogP contribution is -2.17. The standard InChI is InChI=1S/C4H10N2S/c1-4-5-3-6(2)7-4/h4-5H,3H2,1-2H3. The summed E-state index contributed by atoms with van der Waals surface area (Å²) >= 11 is 1.84. The van der Waals surface area contributed by atoms with Crippen LogP contribution in [0.5, 0.6) is 0 Å². The lowest BCUT2D eigenvalue weighted by Gasteiger charge is -2.00. The van der Waals surface area contributed by atoms with E-state index in [0.29, 0.717) is 5.37 Å². The first-order valence-electron chi connectivity index (χ1n) is 2.40. The molecular formula is C4H10N2S. The summed E-state index contributed by atoms with van der Waals surface area (Å²) in [5.41, 5.74) is 0. The first kappa shape index (κ1) is 5.41. The fraction of sp³-hybridized carbons (Fsp3) is 1.00. The molecule has 0 saturated carbocycles. The third-order valence-corrected chi connectivity index (χ3v) is 1.91. The van der Waals surface area contributed by atoms with Crippen LogP contribution >= 0.6 is 11.9 Å². The number of nitrogens with one attached hydrogen (secondary N) is 1. The normalized spacial score (nSPS) is 34.3. The first-order valence-corrected chi connectivity index (χ1v) is 3.24. The van der Waals surface area contributed by atoms with E-state index in [4.69, 9.17) is 0 Å². The van der Waals surface area contributed by atoms with Crippen molar-refractivity contribution in [3.8, 4) is 0 Å². The van der Waals surface area contributed by atoms with Crippen LogP contribution in [-0.2, 0) is 0 Å². The molecule has 0 aliphatic carbocycles. The number of hydrogen-bond acceptors (Lipinski definition) is 3. The Morgan fingerprint density at radius 3 is 2.71 bits per heavy atom. The highest BCUT2D eigenvalue weighted by molar-refractivity contribution is 7.97. The molecule has 1 aliphatic rings. The highest BCUT2D eigenvalue weighted by atomic mass is 32.2. The molecule has 2 nitrogen and oxygen atoms in total. The van der Waals surface area contributed by atoms with Crippen molar-refractivity contribution in [2.75, 3.05) is 13.7 Å². The van der Waals surface area contributed by atoms with E-state index in [2.05, 4.69) is 23.6 Å². The van der Waals surface area contributed by atoms with E-state index in [-0.39, 0.29) is 0 Å². The van der Waals surface area contributed by atoms with Gasteiger partial charge in [-0.1, -0.05) is 11.9 Å². The van der Waals surface area contributed by atoms with Crippen LogP contribution in [0.2, 0.25) is 0 Å². The molecule has 1 N–H and O–H groups in total. The van der Waals surface area contributed by atoms with Crippen LogP contribution in [0, 0.1) is 0 Å². The molecule has 0 aromatic heterocycles. The van der Waals surface area contributed by atoms with E-state index in [0.717, 1.165) is 6.67 Å². The molecule has 7 heavy (non-hydrogen) atoms. The Hall–Kier alpha value is 0.270. The van der Waals surface area contributed by atoms with Gasteiger partial charge in [0.05, 0.1) is 12.0 Å². The molecule has 1 fully saturated rings. The lowest BCUT2D eigenvalue weighted by atomic mass is 10.7. The minimum atomic E-state index is 0.616. The second-order valence-corrected chi connectivity index (χ2v) is 3.28. The van der Waals surface area contributed by atoms with E-state index < -0.39 is 0 Å². The number of nitrogens with zero attached hydrogens (tertiary/aromatic N) is 1. The Morgan fingerprint density at radius 2 is 2.57 bits per heavy atom. The highest BCUT2D eigenvalue weighted by Crippen LogP contribution is 2.16. The zero-order chi connectivity index (χ0) is 5.28. The number of rotatable bonds is 0.